The summed E-state index contributed by atoms with van der Waals surface area (Å²) in [6.45, 7) is 5.28. The molecule has 0 amide bonds. The molecule has 1 saturated heterocycles. The predicted octanol–water partition coefficient (Wildman–Crippen LogP) is 2.18. The smallest absolute Gasteiger partial charge is 0.193 e. The number of nitrogens with zero attached hydrogens (tertiary/aromatic N) is 1. The first kappa shape index (κ1) is 18.2. The van der Waals surface area contributed by atoms with E-state index >= 15 is 0 Å². The fraction of sp³-hybridized carbons (Fsp3) is 0.350. The van der Waals surface area contributed by atoms with Gasteiger partial charge in [0.2, 0.25) is 0 Å². The minimum atomic E-state index is -0.0874. The molecule has 1 heterocycles. The average Bonchev–Trinajstić information content (AvgIpc) is 2.68. The number of anilines is 2. The van der Waals surface area contributed by atoms with Crippen LogP contribution in [0.15, 0.2) is 42.5 Å². The summed E-state index contributed by atoms with van der Waals surface area (Å²) in [6, 6.07) is 12.1. The van der Waals surface area contributed by atoms with Crippen LogP contribution in [0.2, 0.25) is 0 Å². The number of nitrogen functional groups attached to an aromatic ring is 2. The van der Waals surface area contributed by atoms with Crippen LogP contribution in [-0.4, -0.2) is 50.1 Å². The van der Waals surface area contributed by atoms with E-state index in [4.69, 9.17) is 20.9 Å². The number of hydrogen-bond donors (Lipinski definition) is 2. The predicted molar refractivity (Wildman–Crippen MR) is 103 cm³/mol. The van der Waals surface area contributed by atoms with Gasteiger partial charge in [0.15, 0.2) is 5.78 Å². The van der Waals surface area contributed by atoms with Gasteiger partial charge in [-0.2, -0.15) is 0 Å². The van der Waals surface area contributed by atoms with Crippen molar-refractivity contribution in [2.75, 3.05) is 50.9 Å². The number of carbonyl (C=O) groups excluding carboxylic acids is 1. The number of morpholine rings is 1. The van der Waals surface area contributed by atoms with E-state index in [0.29, 0.717) is 29.1 Å². The molecule has 2 aromatic carbocycles. The highest BCUT2D eigenvalue weighted by molar-refractivity contribution is 6.09. The molecule has 0 saturated carbocycles. The van der Waals surface area contributed by atoms with Gasteiger partial charge in [0, 0.05) is 30.8 Å². The van der Waals surface area contributed by atoms with Gasteiger partial charge in [0.1, 0.15) is 5.75 Å². The third-order valence-corrected chi connectivity index (χ3v) is 4.46. The van der Waals surface area contributed by atoms with Gasteiger partial charge in [0.25, 0.3) is 0 Å². The van der Waals surface area contributed by atoms with Crippen molar-refractivity contribution in [1.82, 2.24) is 4.90 Å². The number of ketones is 1. The van der Waals surface area contributed by atoms with Crippen LogP contribution in [0.5, 0.6) is 5.75 Å². The standard InChI is InChI=1S/C20H25N3O3/c21-18-7-4-16(14-19(18)22)20(24)15-2-5-17(6-3-15)26-11-1-8-23-9-12-25-13-10-23/h2-7,14H,1,8-13,21-22H2. The number of benzene rings is 2. The van der Waals surface area contributed by atoms with Gasteiger partial charge in [0.05, 0.1) is 31.2 Å². The average molecular weight is 355 g/mol. The van der Waals surface area contributed by atoms with Crippen LogP contribution in [0.1, 0.15) is 22.3 Å². The number of ether oxygens (including phenoxy) is 2. The second kappa shape index (κ2) is 8.69. The molecule has 26 heavy (non-hydrogen) atoms. The first-order valence-corrected chi connectivity index (χ1v) is 8.86. The maximum atomic E-state index is 12.5. The molecule has 0 aromatic heterocycles. The highest BCUT2D eigenvalue weighted by Crippen LogP contribution is 2.20. The number of nitrogens with two attached hydrogens (primary N) is 2. The summed E-state index contributed by atoms with van der Waals surface area (Å²) in [4.78, 5) is 14.9. The third-order valence-electron chi connectivity index (χ3n) is 4.46. The molecule has 3 rings (SSSR count). The fourth-order valence-electron chi connectivity index (χ4n) is 2.89. The van der Waals surface area contributed by atoms with Crippen LogP contribution in [-0.2, 0) is 4.74 Å². The third kappa shape index (κ3) is 4.74. The molecule has 0 radical (unpaired) electrons. The van der Waals surface area contributed by atoms with Gasteiger partial charge in [-0.05, 0) is 48.9 Å². The van der Waals surface area contributed by atoms with Crippen molar-refractivity contribution in [2.45, 2.75) is 6.42 Å². The minimum absolute atomic E-state index is 0.0874. The van der Waals surface area contributed by atoms with E-state index in [1.54, 1.807) is 30.3 Å². The first-order chi connectivity index (χ1) is 12.6. The Morgan fingerprint density at radius 1 is 1.00 bits per heavy atom. The lowest BCUT2D eigenvalue weighted by Gasteiger charge is -2.26. The van der Waals surface area contributed by atoms with E-state index in [1.165, 1.54) is 0 Å². The lowest BCUT2D eigenvalue weighted by atomic mass is 10.0. The largest absolute Gasteiger partial charge is 0.494 e. The number of hydrogen-bond acceptors (Lipinski definition) is 6. The van der Waals surface area contributed by atoms with Gasteiger partial charge >= 0.3 is 0 Å². The summed E-state index contributed by atoms with van der Waals surface area (Å²) in [5, 5.41) is 0. The Balaban J connectivity index is 1.49. The Hall–Kier alpha value is -2.57. The molecule has 0 unspecified atom stereocenters. The normalized spacial score (nSPS) is 14.9. The topological polar surface area (TPSA) is 90.8 Å². The van der Waals surface area contributed by atoms with E-state index in [1.807, 2.05) is 12.1 Å². The van der Waals surface area contributed by atoms with Crippen LogP contribution in [0.25, 0.3) is 0 Å². The van der Waals surface area contributed by atoms with Gasteiger partial charge in [-0.15, -0.1) is 0 Å². The summed E-state index contributed by atoms with van der Waals surface area (Å²) < 4.78 is 11.1. The van der Waals surface area contributed by atoms with Gasteiger partial charge < -0.3 is 20.9 Å². The van der Waals surface area contributed by atoms with Crippen LogP contribution in [0.4, 0.5) is 11.4 Å². The molecule has 1 aliphatic heterocycles. The van der Waals surface area contributed by atoms with Gasteiger partial charge in [-0.25, -0.2) is 0 Å². The second-order valence-corrected chi connectivity index (χ2v) is 6.35. The van der Waals surface area contributed by atoms with E-state index < -0.39 is 0 Å². The zero-order valence-corrected chi connectivity index (χ0v) is 14.8. The Morgan fingerprint density at radius 3 is 2.38 bits per heavy atom. The Morgan fingerprint density at radius 2 is 1.69 bits per heavy atom. The van der Waals surface area contributed by atoms with Crippen LogP contribution in [0, 0.1) is 0 Å². The summed E-state index contributed by atoms with van der Waals surface area (Å²) >= 11 is 0. The lowest BCUT2D eigenvalue weighted by molar-refractivity contribution is 0.0358. The highest BCUT2D eigenvalue weighted by atomic mass is 16.5. The van der Waals surface area contributed by atoms with Crippen molar-refractivity contribution in [3.8, 4) is 5.75 Å². The van der Waals surface area contributed by atoms with E-state index in [0.717, 1.165) is 45.0 Å². The van der Waals surface area contributed by atoms with Crippen molar-refractivity contribution >= 4 is 17.2 Å². The molecule has 1 aliphatic rings. The maximum absolute atomic E-state index is 12.5. The van der Waals surface area contributed by atoms with E-state index in [-0.39, 0.29) is 5.78 Å². The minimum Gasteiger partial charge on any atom is -0.494 e. The van der Waals surface area contributed by atoms with Crippen molar-refractivity contribution < 1.29 is 14.3 Å². The molecule has 6 heteroatoms. The highest BCUT2D eigenvalue weighted by Gasteiger charge is 2.11. The monoisotopic (exact) mass is 355 g/mol. The number of carbonyl (C=O) groups is 1. The van der Waals surface area contributed by atoms with Gasteiger partial charge in [-0.3, -0.25) is 9.69 Å². The molecule has 4 N–H and O–H groups in total. The Bertz CT molecular complexity index is 740. The lowest BCUT2D eigenvalue weighted by Crippen LogP contribution is -2.37. The van der Waals surface area contributed by atoms with E-state index in [9.17, 15) is 4.79 Å². The summed E-state index contributed by atoms with van der Waals surface area (Å²) in [5.41, 5.74) is 13.5. The summed E-state index contributed by atoms with van der Waals surface area (Å²) in [7, 11) is 0. The van der Waals surface area contributed by atoms with Crippen molar-refractivity contribution in [1.29, 1.82) is 0 Å². The van der Waals surface area contributed by atoms with Crippen LogP contribution in [0.3, 0.4) is 0 Å². The molecule has 6 nitrogen and oxygen atoms in total. The summed E-state index contributed by atoms with van der Waals surface area (Å²) in [5.74, 6) is 0.677. The zero-order valence-electron chi connectivity index (χ0n) is 14.8. The van der Waals surface area contributed by atoms with Crippen molar-refractivity contribution in [3.63, 3.8) is 0 Å². The Labute approximate surface area is 153 Å². The zero-order chi connectivity index (χ0) is 18.4. The molecular weight excluding hydrogens is 330 g/mol. The van der Waals surface area contributed by atoms with Crippen molar-refractivity contribution in [2.24, 2.45) is 0 Å². The SMILES string of the molecule is Nc1ccc(C(=O)c2ccc(OCCCN3CCOCC3)cc2)cc1N. The van der Waals surface area contributed by atoms with Crippen molar-refractivity contribution in [3.05, 3.63) is 53.6 Å². The van der Waals surface area contributed by atoms with E-state index in [2.05, 4.69) is 4.90 Å². The van der Waals surface area contributed by atoms with Crippen LogP contribution < -0.4 is 16.2 Å². The summed E-state index contributed by atoms with van der Waals surface area (Å²) in [6.07, 6.45) is 0.964. The molecule has 0 atom stereocenters. The quantitative estimate of drug-likeness (QED) is 0.449. The molecule has 2 aromatic rings. The van der Waals surface area contributed by atoms with Crippen LogP contribution >= 0.6 is 0 Å². The molecule has 138 valence electrons. The molecule has 0 spiro atoms. The molecule has 1 fully saturated rings. The first-order valence-electron chi connectivity index (χ1n) is 8.86. The molecule has 0 bridgehead atoms. The van der Waals surface area contributed by atoms with Gasteiger partial charge in [-0.1, -0.05) is 0 Å². The fourth-order valence-corrected chi connectivity index (χ4v) is 2.89. The molecular formula is C20H25N3O3. The Kier molecular flexibility index (Phi) is 6.09. The second-order valence-electron chi connectivity index (χ2n) is 6.35. The maximum Gasteiger partial charge on any atom is 0.193 e. The number of rotatable bonds is 7. The molecule has 0 aliphatic carbocycles.